The van der Waals surface area contributed by atoms with Crippen molar-refractivity contribution in [1.82, 2.24) is 5.32 Å². The maximum Gasteiger partial charge on any atom is 0.0557 e. The van der Waals surface area contributed by atoms with Crippen LogP contribution in [0.3, 0.4) is 0 Å². The van der Waals surface area contributed by atoms with E-state index in [4.69, 9.17) is 0 Å². The van der Waals surface area contributed by atoms with Gasteiger partial charge in [-0.1, -0.05) is 19.1 Å². The van der Waals surface area contributed by atoms with E-state index >= 15 is 0 Å². The minimum Gasteiger partial charge on any atom is -0.393 e. The van der Waals surface area contributed by atoms with Gasteiger partial charge in [-0.25, -0.2) is 0 Å². The highest BCUT2D eigenvalue weighted by Gasteiger charge is 2.26. The third-order valence-electron chi connectivity index (χ3n) is 4.37. The van der Waals surface area contributed by atoms with Crippen molar-refractivity contribution in [3.63, 3.8) is 0 Å². The van der Waals surface area contributed by atoms with Crippen LogP contribution in [0.15, 0.2) is 24.3 Å². The van der Waals surface area contributed by atoms with E-state index in [1.54, 1.807) is 0 Å². The number of aliphatic hydroxyl groups is 1. The molecule has 1 aliphatic heterocycles. The lowest BCUT2D eigenvalue weighted by Gasteiger charge is -2.21. The Morgan fingerprint density at radius 3 is 2.55 bits per heavy atom. The first-order chi connectivity index (χ1) is 9.61. The average Bonchev–Trinajstić information content (AvgIpc) is 2.95. The zero-order valence-electron chi connectivity index (χ0n) is 13.0. The number of aliphatic hydroxyl groups excluding tert-OH is 1. The van der Waals surface area contributed by atoms with Gasteiger partial charge in [0, 0.05) is 30.7 Å². The molecule has 0 aromatic heterocycles. The van der Waals surface area contributed by atoms with E-state index in [1.165, 1.54) is 11.3 Å². The first kappa shape index (κ1) is 15.3. The third kappa shape index (κ3) is 3.74. The molecule has 1 aromatic carbocycles. The molecule has 3 atom stereocenters. The Hall–Kier alpha value is -1.06. The van der Waals surface area contributed by atoms with Gasteiger partial charge in [-0.15, -0.1) is 0 Å². The summed E-state index contributed by atoms with van der Waals surface area (Å²) in [7, 11) is 0. The Balaban J connectivity index is 1.95. The second-order valence-corrected chi connectivity index (χ2v) is 6.00. The summed E-state index contributed by atoms with van der Waals surface area (Å²) in [5.74, 6) is 0.417. The largest absolute Gasteiger partial charge is 0.393 e. The molecule has 1 aromatic rings. The standard InChI is InChI=1S/C17H28N2O/c1-4-10-18-13(2)15-5-7-17(8-6-15)19-11-9-16(12-19)14(3)20/h5-8,13-14,16,18,20H,4,9-12H2,1-3H3. The van der Waals surface area contributed by atoms with Gasteiger partial charge in [0.1, 0.15) is 0 Å². The molecule has 2 N–H and O–H groups in total. The summed E-state index contributed by atoms with van der Waals surface area (Å²) in [4.78, 5) is 2.38. The fraction of sp³-hybridized carbons (Fsp3) is 0.647. The summed E-state index contributed by atoms with van der Waals surface area (Å²) < 4.78 is 0. The van der Waals surface area contributed by atoms with Gasteiger partial charge in [-0.3, -0.25) is 0 Å². The highest BCUT2D eigenvalue weighted by molar-refractivity contribution is 5.49. The molecule has 1 saturated heterocycles. The van der Waals surface area contributed by atoms with Crippen molar-refractivity contribution in [2.75, 3.05) is 24.5 Å². The van der Waals surface area contributed by atoms with Crippen LogP contribution in [0.5, 0.6) is 0 Å². The Kier molecular flexibility index (Phi) is 5.44. The molecule has 1 aliphatic rings. The molecule has 3 heteroatoms. The average molecular weight is 276 g/mol. The summed E-state index contributed by atoms with van der Waals surface area (Å²) in [6.07, 6.45) is 2.06. The topological polar surface area (TPSA) is 35.5 Å². The van der Waals surface area contributed by atoms with E-state index in [9.17, 15) is 5.11 Å². The van der Waals surface area contributed by atoms with E-state index in [-0.39, 0.29) is 6.10 Å². The number of rotatable bonds is 6. The van der Waals surface area contributed by atoms with E-state index in [1.807, 2.05) is 6.92 Å². The zero-order valence-corrected chi connectivity index (χ0v) is 13.0. The molecular weight excluding hydrogens is 248 g/mol. The number of nitrogens with zero attached hydrogens (tertiary/aromatic N) is 1. The molecule has 0 radical (unpaired) electrons. The predicted octanol–water partition coefficient (Wildman–Crippen LogP) is 2.95. The quantitative estimate of drug-likeness (QED) is 0.838. The van der Waals surface area contributed by atoms with E-state index < -0.39 is 0 Å². The molecule has 1 heterocycles. The van der Waals surface area contributed by atoms with Crippen LogP contribution in [0.4, 0.5) is 5.69 Å². The molecule has 3 unspecified atom stereocenters. The van der Waals surface area contributed by atoms with Gasteiger partial charge in [-0.2, -0.15) is 0 Å². The molecular formula is C17H28N2O. The molecule has 3 nitrogen and oxygen atoms in total. The van der Waals surface area contributed by atoms with Gasteiger partial charge >= 0.3 is 0 Å². The van der Waals surface area contributed by atoms with Gasteiger partial charge in [0.2, 0.25) is 0 Å². The van der Waals surface area contributed by atoms with E-state index in [0.29, 0.717) is 12.0 Å². The van der Waals surface area contributed by atoms with Crippen LogP contribution in [-0.2, 0) is 0 Å². The summed E-state index contributed by atoms with van der Waals surface area (Å²) >= 11 is 0. The van der Waals surface area contributed by atoms with Crippen molar-refractivity contribution in [1.29, 1.82) is 0 Å². The molecule has 0 bridgehead atoms. The van der Waals surface area contributed by atoms with Gasteiger partial charge in [0.25, 0.3) is 0 Å². The molecule has 2 rings (SSSR count). The number of hydrogen-bond acceptors (Lipinski definition) is 3. The molecule has 112 valence electrons. The summed E-state index contributed by atoms with van der Waals surface area (Å²) in [5, 5.41) is 13.2. The summed E-state index contributed by atoms with van der Waals surface area (Å²) in [6, 6.07) is 9.28. The highest BCUT2D eigenvalue weighted by Crippen LogP contribution is 2.26. The van der Waals surface area contributed by atoms with Crippen LogP contribution >= 0.6 is 0 Å². The number of anilines is 1. The van der Waals surface area contributed by atoms with Gasteiger partial charge in [0.15, 0.2) is 0 Å². The fourth-order valence-electron chi connectivity index (χ4n) is 2.87. The Morgan fingerprint density at radius 2 is 2.00 bits per heavy atom. The summed E-state index contributed by atoms with van der Waals surface area (Å²) in [6.45, 7) is 9.39. The summed E-state index contributed by atoms with van der Waals surface area (Å²) in [5.41, 5.74) is 2.62. The first-order valence-corrected chi connectivity index (χ1v) is 7.88. The second kappa shape index (κ2) is 7.09. The molecule has 1 fully saturated rings. The van der Waals surface area contributed by atoms with E-state index in [0.717, 1.165) is 32.5 Å². The molecule has 0 amide bonds. The minimum absolute atomic E-state index is 0.197. The van der Waals surface area contributed by atoms with Crippen molar-refractivity contribution >= 4 is 5.69 Å². The SMILES string of the molecule is CCCNC(C)c1ccc(N2CCC(C(C)O)C2)cc1. The predicted molar refractivity (Wildman–Crippen MR) is 85.2 cm³/mol. The minimum atomic E-state index is -0.197. The Labute approximate surface area is 123 Å². The number of hydrogen-bond donors (Lipinski definition) is 2. The van der Waals surface area contributed by atoms with Crippen molar-refractivity contribution in [2.45, 2.75) is 45.8 Å². The lowest BCUT2D eigenvalue weighted by atomic mass is 10.0. The first-order valence-electron chi connectivity index (χ1n) is 7.88. The van der Waals surface area contributed by atoms with Crippen LogP contribution in [-0.4, -0.2) is 30.8 Å². The second-order valence-electron chi connectivity index (χ2n) is 6.00. The number of nitrogens with one attached hydrogen (secondary N) is 1. The number of benzene rings is 1. The highest BCUT2D eigenvalue weighted by atomic mass is 16.3. The lowest BCUT2D eigenvalue weighted by molar-refractivity contribution is 0.136. The van der Waals surface area contributed by atoms with Crippen LogP contribution in [0.25, 0.3) is 0 Å². The molecule has 0 spiro atoms. The van der Waals surface area contributed by atoms with Crippen molar-refractivity contribution in [3.8, 4) is 0 Å². The van der Waals surface area contributed by atoms with Crippen LogP contribution in [0.1, 0.15) is 45.2 Å². The Morgan fingerprint density at radius 1 is 1.30 bits per heavy atom. The van der Waals surface area contributed by atoms with Crippen molar-refractivity contribution in [2.24, 2.45) is 5.92 Å². The van der Waals surface area contributed by atoms with Crippen molar-refractivity contribution < 1.29 is 5.11 Å². The molecule has 0 saturated carbocycles. The van der Waals surface area contributed by atoms with Crippen LogP contribution in [0.2, 0.25) is 0 Å². The zero-order chi connectivity index (χ0) is 14.5. The maximum atomic E-state index is 9.68. The van der Waals surface area contributed by atoms with Gasteiger partial charge in [-0.05, 0) is 50.9 Å². The van der Waals surface area contributed by atoms with Crippen molar-refractivity contribution in [3.05, 3.63) is 29.8 Å². The monoisotopic (exact) mass is 276 g/mol. The normalized spacial score (nSPS) is 22.0. The van der Waals surface area contributed by atoms with E-state index in [2.05, 4.69) is 48.3 Å². The molecule has 20 heavy (non-hydrogen) atoms. The Bertz CT molecular complexity index is 402. The third-order valence-corrected chi connectivity index (χ3v) is 4.37. The smallest absolute Gasteiger partial charge is 0.0557 e. The lowest BCUT2D eigenvalue weighted by Crippen LogP contribution is -2.24. The van der Waals surface area contributed by atoms with Gasteiger partial charge in [0.05, 0.1) is 6.10 Å². The fourth-order valence-corrected chi connectivity index (χ4v) is 2.87. The van der Waals surface area contributed by atoms with Crippen LogP contribution < -0.4 is 10.2 Å². The maximum absolute atomic E-state index is 9.68. The molecule has 0 aliphatic carbocycles. The van der Waals surface area contributed by atoms with Gasteiger partial charge < -0.3 is 15.3 Å². The van der Waals surface area contributed by atoms with Crippen LogP contribution in [0, 0.1) is 5.92 Å².